The Bertz CT molecular complexity index is 596. The van der Waals surface area contributed by atoms with E-state index in [9.17, 15) is 4.79 Å². The van der Waals surface area contributed by atoms with Crippen LogP contribution in [0.25, 0.3) is 6.08 Å². The molecular formula is C17H14O. The summed E-state index contributed by atoms with van der Waals surface area (Å²) in [6.07, 6.45) is 4.40. The number of rotatable bonds is 2. The highest BCUT2D eigenvalue weighted by molar-refractivity contribution is 6.02. The topological polar surface area (TPSA) is 17.1 Å². The standard InChI is InChI=1S/C17H14O/c18-17-11-10-14-8-4-5-9-15(14)16(17)12-13-6-2-1-3-7-13/h1-11,16H,12H2. The van der Waals surface area contributed by atoms with Gasteiger partial charge in [0, 0.05) is 0 Å². The van der Waals surface area contributed by atoms with Crippen LogP contribution >= 0.6 is 0 Å². The van der Waals surface area contributed by atoms with Crippen molar-refractivity contribution in [2.24, 2.45) is 0 Å². The summed E-state index contributed by atoms with van der Waals surface area (Å²) in [7, 11) is 0. The lowest BCUT2D eigenvalue weighted by molar-refractivity contribution is -0.116. The first kappa shape index (κ1) is 11.0. The van der Waals surface area contributed by atoms with E-state index in [2.05, 4.69) is 24.3 Å². The molecule has 1 aliphatic rings. The van der Waals surface area contributed by atoms with Crippen molar-refractivity contribution in [1.82, 2.24) is 0 Å². The molecule has 1 unspecified atom stereocenters. The minimum absolute atomic E-state index is 0.0337. The Morgan fingerprint density at radius 2 is 1.56 bits per heavy atom. The summed E-state index contributed by atoms with van der Waals surface area (Å²) in [5.74, 6) is 0.172. The zero-order valence-electron chi connectivity index (χ0n) is 10.0. The van der Waals surface area contributed by atoms with Crippen molar-refractivity contribution in [3.8, 4) is 0 Å². The van der Waals surface area contributed by atoms with E-state index in [1.54, 1.807) is 6.08 Å². The Morgan fingerprint density at radius 1 is 0.833 bits per heavy atom. The number of carbonyl (C=O) groups is 1. The summed E-state index contributed by atoms with van der Waals surface area (Å²) in [6.45, 7) is 0. The van der Waals surface area contributed by atoms with E-state index in [1.807, 2.05) is 36.4 Å². The summed E-state index contributed by atoms with van der Waals surface area (Å²) in [6, 6.07) is 18.3. The zero-order chi connectivity index (χ0) is 12.4. The molecule has 1 aliphatic carbocycles. The van der Waals surface area contributed by atoms with Gasteiger partial charge in [0.1, 0.15) is 0 Å². The molecule has 0 bridgehead atoms. The number of hydrogen-bond acceptors (Lipinski definition) is 1. The highest BCUT2D eigenvalue weighted by Gasteiger charge is 2.23. The lowest BCUT2D eigenvalue weighted by Gasteiger charge is -2.20. The van der Waals surface area contributed by atoms with Gasteiger partial charge in [-0.2, -0.15) is 0 Å². The number of hydrogen-bond donors (Lipinski definition) is 0. The minimum Gasteiger partial charge on any atom is -0.294 e. The van der Waals surface area contributed by atoms with Crippen LogP contribution in [0.1, 0.15) is 22.6 Å². The Kier molecular flexibility index (Phi) is 2.81. The third kappa shape index (κ3) is 2.00. The van der Waals surface area contributed by atoms with Crippen molar-refractivity contribution >= 4 is 11.9 Å². The van der Waals surface area contributed by atoms with E-state index in [-0.39, 0.29) is 11.7 Å². The Hall–Kier alpha value is -2.15. The molecule has 3 rings (SSSR count). The fourth-order valence-electron chi connectivity index (χ4n) is 2.48. The summed E-state index contributed by atoms with van der Waals surface area (Å²) < 4.78 is 0. The first-order valence-corrected chi connectivity index (χ1v) is 6.19. The molecule has 88 valence electrons. The molecule has 2 aromatic carbocycles. The number of benzene rings is 2. The SMILES string of the molecule is O=C1C=Cc2ccccc2C1Cc1ccccc1. The van der Waals surface area contributed by atoms with Crippen molar-refractivity contribution < 1.29 is 4.79 Å². The quantitative estimate of drug-likeness (QED) is 0.775. The Balaban J connectivity index is 1.96. The third-order valence-electron chi connectivity index (χ3n) is 3.42. The highest BCUT2D eigenvalue weighted by Crippen LogP contribution is 2.30. The third-order valence-corrected chi connectivity index (χ3v) is 3.42. The maximum absolute atomic E-state index is 12.1. The molecule has 1 heteroatoms. The van der Waals surface area contributed by atoms with Gasteiger partial charge >= 0.3 is 0 Å². The fourth-order valence-corrected chi connectivity index (χ4v) is 2.48. The summed E-state index contributed by atoms with van der Waals surface area (Å²) >= 11 is 0. The van der Waals surface area contributed by atoms with Crippen molar-refractivity contribution in [1.29, 1.82) is 0 Å². The molecule has 0 spiro atoms. The lowest BCUT2D eigenvalue weighted by Crippen LogP contribution is -2.17. The molecule has 2 aromatic rings. The molecule has 0 fully saturated rings. The van der Waals surface area contributed by atoms with Crippen molar-refractivity contribution in [3.05, 3.63) is 77.4 Å². The Labute approximate surface area is 107 Å². The van der Waals surface area contributed by atoms with Crippen LogP contribution in [0.2, 0.25) is 0 Å². The van der Waals surface area contributed by atoms with E-state index >= 15 is 0 Å². The van der Waals surface area contributed by atoms with Gasteiger partial charge in [0.2, 0.25) is 0 Å². The minimum atomic E-state index is -0.0337. The van der Waals surface area contributed by atoms with E-state index in [4.69, 9.17) is 0 Å². The first-order chi connectivity index (χ1) is 8.84. The number of fused-ring (bicyclic) bond motifs is 1. The molecule has 0 saturated carbocycles. The van der Waals surface area contributed by atoms with Crippen LogP contribution in [0.5, 0.6) is 0 Å². The van der Waals surface area contributed by atoms with E-state index in [1.165, 1.54) is 5.56 Å². The lowest BCUT2D eigenvalue weighted by atomic mass is 9.82. The second-order valence-electron chi connectivity index (χ2n) is 4.61. The van der Waals surface area contributed by atoms with Crippen LogP contribution in [-0.2, 0) is 11.2 Å². The van der Waals surface area contributed by atoms with Gasteiger partial charge in [-0.05, 0) is 29.2 Å². The van der Waals surface area contributed by atoms with Gasteiger partial charge in [0.15, 0.2) is 5.78 Å². The molecule has 0 amide bonds. The average Bonchev–Trinajstić information content (AvgIpc) is 2.43. The van der Waals surface area contributed by atoms with Crippen molar-refractivity contribution in [2.45, 2.75) is 12.3 Å². The van der Waals surface area contributed by atoms with E-state index < -0.39 is 0 Å². The van der Waals surface area contributed by atoms with Gasteiger partial charge in [0.25, 0.3) is 0 Å². The molecule has 0 N–H and O–H groups in total. The molecule has 18 heavy (non-hydrogen) atoms. The van der Waals surface area contributed by atoms with Crippen LogP contribution in [0, 0.1) is 0 Å². The number of ketones is 1. The second kappa shape index (κ2) is 4.61. The summed E-state index contributed by atoms with van der Waals surface area (Å²) in [5.41, 5.74) is 3.52. The molecule has 0 aliphatic heterocycles. The van der Waals surface area contributed by atoms with E-state index in [0.717, 1.165) is 17.5 Å². The number of carbonyl (C=O) groups excluding carboxylic acids is 1. The average molecular weight is 234 g/mol. The molecule has 1 nitrogen and oxygen atoms in total. The van der Waals surface area contributed by atoms with Gasteiger partial charge in [-0.1, -0.05) is 60.7 Å². The molecule has 0 aromatic heterocycles. The van der Waals surface area contributed by atoms with Crippen LogP contribution in [0.15, 0.2) is 60.7 Å². The molecule has 0 saturated heterocycles. The first-order valence-electron chi connectivity index (χ1n) is 6.19. The Morgan fingerprint density at radius 3 is 2.39 bits per heavy atom. The van der Waals surface area contributed by atoms with Crippen LogP contribution < -0.4 is 0 Å². The van der Waals surface area contributed by atoms with Crippen molar-refractivity contribution in [3.63, 3.8) is 0 Å². The number of allylic oxidation sites excluding steroid dienone is 1. The zero-order valence-corrected chi connectivity index (χ0v) is 10.0. The van der Waals surface area contributed by atoms with Crippen molar-refractivity contribution in [2.75, 3.05) is 0 Å². The maximum Gasteiger partial charge on any atom is 0.163 e. The van der Waals surface area contributed by atoms with Crippen LogP contribution in [-0.4, -0.2) is 5.78 Å². The van der Waals surface area contributed by atoms with E-state index in [0.29, 0.717) is 0 Å². The van der Waals surface area contributed by atoms with Gasteiger partial charge in [0.05, 0.1) is 5.92 Å². The van der Waals surface area contributed by atoms with Gasteiger partial charge in [-0.15, -0.1) is 0 Å². The normalized spacial score (nSPS) is 17.6. The largest absolute Gasteiger partial charge is 0.294 e. The van der Waals surface area contributed by atoms with Gasteiger partial charge < -0.3 is 0 Å². The second-order valence-corrected chi connectivity index (χ2v) is 4.61. The summed E-state index contributed by atoms with van der Waals surface area (Å²) in [5, 5.41) is 0. The predicted octanol–water partition coefficient (Wildman–Crippen LogP) is 3.61. The highest BCUT2D eigenvalue weighted by atomic mass is 16.1. The van der Waals surface area contributed by atoms with Gasteiger partial charge in [-0.3, -0.25) is 4.79 Å². The molecule has 0 heterocycles. The summed E-state index contributed by atoms with van der Waals surface area (Å²) in [4.78, 5) is 12.1. The molecular weight excluding hydrogens is 220 g/mol. The smallest absolute Gasteiger partial charge is 0.163 e. The van der Waals surface area contributed by atoms with Crippen LogP contribution in [0.3, 0.4) is 0 Å². The van der Waals surface area contributed by atoms with Gasteiger partial charge in [-0.25, -0.2) is 0 Å². The predicted molar refractivity (Wildman–Crippen MR) is 73.4 cm³/mol. The molecule has 0 radical (unpaired) electrons. The maximum atomic E-state index is 12.1. The molecule has 1 atom stereocenters. The van der Waals surface area contributed by atoms with Crippen LogP contribution in [0.4, 0.5) is 0 Å². The monoisotopic (exact) mass is 234 g/mol. The fraction of sp³-hybridized carbons (Fsp3) is 0.118.